The lowest BCUT2D eigenvalue weighted by Gasteiger charge is -2.36. The van der Waals surface area contributed by atoms with Crippen LogP contribution in [0.2, 0.25) is 0 Å². The van der Waals surface area contributed by atoms with Crippen LogP contribution in [0.25, 0.3) is 0 Å². The molecule has 4 rings (SSSR count). The van der Waals surface area contributed by atoms with Gasteiger partial charge in [-0.15, -0.1) is 0 Å². The van der Waals surface area contributed by atoms with Crippen molar-refractivity contribution < 1.29 is 13.2 Å². The van der Waals surface area contributed by atoms with Gasteiger partial charge in [-0.25, -0.2) is 8.42 Å². The smallest absolute Gasteiger partial charge is 0.243 e. The number of fused-ring (bicyclic) bond motifs is 2. The highest BCUT2D eigenvalue weighted by molar-refractivity contribution is 7.89. The number of carbonyl (C=O) groups is 1. The molecule has 1 aromatic rings. The summed E-state index contributed by atoms with van der Waals surface area (Å²) < 4.78 is 27.7. The number of amides is 1. The van der Waals surface area contributed by atoms with Crippen LogP contribution >= 0.6 is 0 Å². The fraction of sp³-hybridized carbons (Fsp3) is 0.588. The number of hydrogen-bond acceptors (Lipinski definition) is 4. The van der Waals surface area contributed by atoms with Crippen LogP contribution < -0.4 is 4.90 Å². The van der Waals surface area contributed by atoms with Crippen molar-refractivity contribution in [2.75, 3.05) is 37.6 Å². The van der Waals surface area contributed by atoms with E-state index in [-0.39, 0.29) is 5.91 Å². The molecule has 1 amide bonds. The van der Waals surface area contributed by atoms with Gasteiger partial charge in [0.05, 0.1) is 4.90 Å². The predicted octanol–water partition coefficient (Wildman–Crippen LogP) is 1.06. The quantitative estimate of drug-likeness (QED) is 0.801. The van der Waals surface area contributed by atoms with Gasteiger partial charge in [-0.3, -0.25) is 9.69 Å². The molecule has 0 N–H and O–H groups in total. The van der Waals surface area contributed by atoms with Crippen LogP contribution in [0, 0.1) is 0 Å². The van der Waals surface area contributed by atoms with Crippen LogP contribution in [0.3, 0.4) is 0 Å². The van der Waals surface area contributed by atoms with Crippen molar-refractivity contribution in [3.8, 4) is 0 Å². The number of anilines is 1. The standard InChI is InChI=1S/C17H23N3O3S/c1-13(21)20-8-6-14-11-16(4-5-17(14)20)24(22,23)19-10-9-18-7-2-3-15(18)12-19/h4-5,11,15H,2-3,6-10,12H2,1H3/t15-/m1/s1. The maximum absolute atomic E-state index is 13.0. The van der Waals surface area contributed by atoms with Gasteiger partial charge in [0.15, 0.2) is 0 Å². The van der Waals surface area contributed by atoms with Gasteiger partial charge in [-0.05, 0) is 49.6 Å². The second-order valence-corrected chi connectivity index (χ2v) is 8.84. The zero-order valence-electron chi connectivity index (χ0n) is 13.9. The monoisotopic (exact) mass is 349 g/mol. The lowest BCUT2D eigenvalue weighted by Crippen LogP contribution is -2.51. The molecule has 24 heavy (non-hydrogen) atoms. The van der Waals surface area contributed by atoms with Crippen molar-refractivity contribution in [3.63, 3.8) is 0 Å². The maximum Gasteiger partial charge on any atom is 0.243 e. The average molecular weight is 349 g/mol. The molecular weight excluding hydrogens is 326 g/mol. The van der Waals surface area contributed by atoms with Gasteiger partial charge in [-0.2, -0.15) is 4.31 Å². The lowest BCUT2D eigenvalue weighted by atomic mass is 10.2. The molecule has 7 heteroatoms. The third-order valence-corrected chi connectivity index (χ3v) is 7.38. The molecule has 0 saturated carbocycles. The first-order chi connectivity index (χ1) is 11.5. The normalized spacial score (nSPS) is 24.9. The fourth-order valence-corrected chi connectivity index (χ4v) is 5.72. The van der Waals surface area contributed by atoms with Crippen molar-refractivity contribution in [1.29, 1.82) is 0 Å². The minimum absolute atomic E-state index is 0.00159. The number of rotatable bonds is 2. The molecule has 0 aliphatic carbocycles. The first-order valence-electron chi connectivity index (χ1n) is 8.62. The van der Waals surface area contributed by atoms with E-state index in [0.29, 0.717) is 37.0 Å². The number of sulfonamides is 1. The lowest BCUT2D eigenvalue weighted by molar-refractivity contribution is -0.116. The predicted molar refractivity (Wildman–Crippen MR) is 91.5 cm³/mol. The molecule has 130 valence electrons. The minimum atomic E-state index is -3.46. The summed E-state index contributed by atoms with van der Waals surface area (Å²) in [6.45, 7) is 5.26. The molecule has 0 aromatic heterocycles. The highest BCUT2D eigenvalue weighted by Gasteiger charge is 2.36. The Morgan fingerprint density at radius 3 is 2.79 bits per heavy atom. The van der Waals surface area contributed by atoms with E-state index in [1.807, 2.05) is 0 Å². The van der Waals surface area contributed by atoms with Crippen molar-refractivity contribution in [2.45, 2.75) is 37.1 Å². The third-order valence-electron chi connectivity index (χ3n) is 5.51. The molecule has 3 aliphatic heterocycles. The van der Waals surface area contributed by atoms with Crippen molar-refractivity contribution >= 4 is 21.6 Å². The van der Waals surface area contributed by atoms with E-state index in [4.69, 9.17) is 0 Å². The Kier molecular flexibility index (Phi) is 3.89. The summed E-state index contributed by atoms with van der Waals surface area (Å²) in [5.74, 6) is 0.00159. The number of piperazine rings is 1. The van der Waals surface area contributed by atoms with Crippen molar-refractivity contribution in [2.24, 2.45) is 0 Å². The molecule has 3 aliphatic rings. The number of carbonyl (C=O) groups excluding carboxylic acids is 1. The number of nitrogens with zero attached hydrogens (tertiary/aromatic N) is 3. The van der Waals surface area contributed by atoms with Crippen LogP contribution in [0.5, 0.6) is 0 Å². The summed E-state index contributed by atoms with van der Waals surface area (Å²) in [5.41, 5.74) is 1.80. The van der Waals surface area contributed by atoms with Crippen LogP contribution in [0.4, 0.5) is 5.69 Å². The van der Waals surface area contributed by atoms with E-state index in [1.165, 1.54) is 0 Å². The Balaban J connectivity index is 1.60. The molecule has 3 heterocycles. The van der Waals surface area contributed by atoms with Crippen LogP contribution in [-0.2, 0) is 21.2 Å². The topological polar surface area (TPSA) is 60.9 Å². The van der Waals surface area contributed by atoms with Gasteiger partial charge in [0.2, 0.25) is 15.9 Å². The van der Waals surface area contributed by atoms with Crippen molar-refractivity contribution in [1.82, 2.24) is 9.21 Å². The summed E-state index contributed by atoms with van der Waals surface area (Å²) in [6.07, 6.45) is 2.97. The SMILES string of the molecule is CC(=O)N1CCc2cc(S(=O)(=O)N3CCN4CCC[C@@H]4C3)ccc21. The molecule has 2 fully saturated rings. The Morgan fingerprint density at radius 2 is 2.00 bits per heavy atom. The fourth-order valence-electron chi connectivity index (χ4n) is 4.20. The van der Waals surface area contributed by atoms with Gasteiger partial charge >= 0.3 is 0 Å². The minimum Gasteiger partial charge on any atom is -0.312 e. The summed E-state index contributed by atoms with van der Waals surface area (Å²) in [7, 11) is -3.46. The molecular formula is C17H23N3O3S. The molecule has 1 aromatic carbocycles. The molecule has 0 radical (unpaired) electrons. The van der Waals surface area contributed by atoms with Crippen LogP contribution in [0.15, 0.2) is 23.1 Å². The average Bonchev–Trinajstić information content (AvgIpc) is 3.19. The molecule has 2 saturated heterocycles. The third kappa shape index (κ3) is 2.55. The Morgan fingerprint density at radius 1 is 1.17 bits per heavy atom. The van der Waals surface area contributed by atoms with Gasteiger partial charge in [0.1, 0.15) is 0 Å². The molecule has 0 spiro atoms. The summed E-state index contributed by atoms with van der Waals surface area (Å²) >= 11 is 0. The van der Waals surface area contributed by atoms with E-state index in [1.54, 1.807) is 34.3 Å². The van der Waals surface area contributed by atoms with E-state index < -0.39 is 10.0 Å². The summed E-state index contributed by atoms with van der Waals surface area (Å²) in [6, 6.07) is 5.56. The van der Waals surface area contributed by atoms with E-state index >= 15 is 0 Å². The zero-order chi connectivity index (χ0) is 16.9. The first kappa shape index (κ1) is 16.1. The van der Waals surface area contributed by atoms with Crippen molar-refractivity contribution in [3.05, 3.63) is 23.8 Å². The molecule has 0 bridgehead atoms. The molecule has 6 nitrogen and oxygen atoms in total. The van der Waals surface area contributed by atoms with Gasteiger partial charge in [0, 0.05) is 44.8 Å². The zero-order valence-corrected chi connectivity index (χ0v) is 14.8. The van der Waals surface area contributed by atoms with E-state index in [2.05, 4.69) is 4.90 Å². The second-order valence-electron chi connectivity index (χ2n) is 6.91. The highest BCUT2D eigenvalue weighted by Crippen LogP contribution is 2.32. The maximum atomic E-state index is 13.0. The van der Waals surface area contributed by atoms with Gasteiger partial charge in [0.25, 0.3) is 0 Å². The summed E-state index contributed by atoms with van der Waals surface area (Å²) in [4.78, 5) is 16.1. The Bertz CT molecular complexity index is 777. The molecule has 1 atom stereocenters. The first-order valence-corrected chi connectivity index (χ1v) is 10.1. The Hall–Kier alpha value is -1.44. The van der Waals surface area contributed by atoms with Gasteiger partial charge < -0.3 is 4.90 Å². The largest absolute Gasteiger partial charge is 0.312 e. The summed E-state index contributed by atoms with van der Waals surface area (Å²) in [5, 5.41) is 0. The van der Waals surface area contributed by atoms with Crippen LogP contribution in [-0.4, -0.2) is 62.3 Å². The van der Waals surface area contributed by atoms with E-state index in [9.17, 15) is 13.2 Å². The molecule has 0 unspecified atom stereocenters. The second kappa shape index (κ2) is 5.82. The Labute approximate surface area is 143 Å². The number of hydrogen-bond donors (Lipinski definition) is 0. The van der Waals surface area contributed by atoms with Crippen LogP contribution in [0.1, 0.15) is 25.3 Å². The number of benzene rings is 1. The van der Waals surface area contributed by atoms with E-state index in [0.717, 1.165) is 37.2 Å². The van der Waals surface area contributed by atoms with Gasteiger partial charge in [-0.1, -0.05) is 0 Å². The highest BCUT2D eigenvalue weighted by atomic mass is 32.2.